The molecule has 0 aromatic heterocycles. The number of hydrogen-bond donors (Lipinski definition) is 0. The summed E-state index contributed by atoms with van der Waals surface area (Å²) < 4.78 is 29.4. The molecule has 2 aromatic rings. The van der Waals surface area contributed by atoms with Gasteiger partial charge in [-0.25, -0.2) is 0 Å². The molecule has 6 heteroatoms. The molecule has 0 amide bonds. The van der Waals surface area contributed by atoms with Gasteiger partial charge in [-0.3, -0.25) is 4.79 Å². The van der Waals surface area contributed by atoms with E-state index in [0.29, 0.717) is 11.1 Å². The molecule has 4 nitrogen and oxygen atoms in total. The van der Waals surface area contributed by atoms with E-state index in [1.54, 1.807) is 36.4 Å². The second kappa shape index (κ2) is 5.62. The molecular formula is C16H10BrNO3S. The highest BCUT2D eigenvalue weighted by Gasteiger charge is 2.20. The number of carbonyl (C=O) groups is 1. The van der Waals surface area contributed by atoms with Crippen LogP contribution >= 0.6 is 15.9 Å². The van der Waals surface area contributed by atoms with Crippen molar-refractivity contribution in [2.75, 3.05) is 0 Å². The van der Waals surface area contributed by atoms with Crippen LogP contribution in [0.25, 0.3) is 0 Å². The van der Waals surface area contributed by atoms with Gasteiger partial charge in [0.2, 0.25) is 0 Å². The lowest BCUT2D eigenvalue weighted by atomic mass is 9.95. The second-order valence-electron chi connectivity index (χ2n) is 4.65. The van der Waals surface area contributed by atoms with Crippen LogP contribution in [0.15, 0.2) is 74.4 Å². The number of nitrogens with zero attached hydrogens (tertiary/aromatic N) is 1. The van der Waals surface area contributed by atoms with E-state index in [0.717, 1.165) is 4.47 Å². The minimum Gasteiger partial charge on any atom is -0.289 e. The molecule has 1 aliphatic carbocycles. The molecule has 0 heterocycles. The van der Waals surface area contributed by atoms with E-state index in [1.165, 1.54) is 24.3 Å². The molecule has 1 aliphatic rings. The SMILES string of the molecule is O=C1C=C/C(=N\S(=O)(=O)c2ccc(Br)cc2)c2ccccc21. The van der Waals surface area contributed by atoms with Crippen molar-refractivity contribution in [3.05, 3.63) is 76.3 Å². The molecule has 22 heavy (non-hydrogen) atoms. The lowest BCUT2D eigenvalue weighted by Gasteiger charge is -2.11. The zero-order chi connectivity index (χ0) is 15.7. The highest BCUT2D eigenvalue weighted by Crippen LogP contribution is 2.21. The van der Waals surface area contributed by atoms with Gasteiger partial charge in [0, 0.05) is 15.6 Å². The number of rotatable bonds is 2. The number of sulfonamides is 1. The molecule has 0 N–H and O–H groups in total. The van der Waals surface area contributed by atoms with Crippen LogP contribution in [0.5, 0.6) is 0 Å². The Labute approximate surface area is 136 Å². The van der Waals surface area contributed by atoms with Gasteiger partial charge in [0.05, 0.1) is 10.6 Å². The summed E-state index contributed by atoms with van der Waals surface area (Å²) in [4.78, 5) is 11.9. The summed E-state index contributed by atoms with van der Waals surface area (Å²) in [7, 11) is -3.83. The maximum absolute atomic E-state index is 12.4. The minimum atomic E-state index is -3.83. The van der Waals surface area contributed by atoms with E-state index in [2.05, 4.69) is 20.3 Å². The molecule has 0 unspecified atom stereocenters. The lowest BCUT2D eigenvalue weighted by molar-refractivity contribution is 0.104. The first-order valence-corrected chi connectivity index (χ1v) is 8.63. The molecule has 0 atom stereocenters. The molecule has 110 valence electrons. The number of ketones is 1. The van der Waals surface area contributed by atoms with Gasteiger partial charge in [-0.2, -0.15) is 12.8 Å². The van der Waals surface area contributed by atoms with Gasteiger partial charge in [-0.1, -0.05) is 40.2 Å². The van der Waals surface area contributed by atoms with Gasteiger partial charge >= 0.3 is 0 Å². The number of halogens is 1. The van der Waals surface area contributed by atoms with Crippen molar-refractivity contribution in [2.45, 2.75) is 4.90 Å². The van der Waals surface area contributed by atoms with E-state index >= 15 is 0 Å². The standard InChI is InChI=1S/C16H10BrNO3S/c17-11-5-7-12(8-6-11)22(20,21)18-15-9-10-16(19)14-4-2-1-3-13(14)15/h1-10H/b18-15+. The molecule has 0 aliphatic heterocycles. The van der Waals surface area contributed by atoms with E-state index in [1.807, 2.05) is 0 Å². The fraction of sp³-hybridized carbons (Fsp3) is 0. The number of fused-ring (bicyclic) bond motifs is 1. The van der Waals surface area contributed by atoms with Crippen LogP contribution in [0.1, 0.15) is 15.9 Å². The van der Waals surface area contributed by atoms with Crippen LogP contribution in [-0.2, 0) is 10.0 Å². The molecular weight excluding hydrogens is 366 g/mol. The van der Waals surface area contributed by atoms with Crippen molar-refractivity contribution in [3.63, 3.8) is 0 Å². The van der Waals surface area contributed by atoms with Gasteiger partial charge in [0.25, 0.3) is 10.0 Å². The highest BCUT2D eigenvalue weighted by molar-refractivity contribution is 9.10. The number of benzene rings is 2. The molecule has 0 saturated carbocycles. The summed E-state index contributed by atoms with van der Waals surface area (Å²) in [5, 5.41) is 0. The van der Waals surface area contributed by atoms with E-state index in [-0.39, 0.29) is 16.4 Å². The van der Waals surface area contributed by atoms with Gasteiger partial charge in [-0.05, 0) is 36.4 Å². The van der Waals surface area contributed by atoms with Crippen LogP contribution in [0.3, 0.4) is 0 Å². The van der Waals surface area contributed by atoms with Crippen molar-refractivity contribution in [3.8, 4) is 0 Å². The molecule has 3 rings (SSSR count). The predicted octanol–water partition coefficient (Wildman–Crippen LogP) is 3.38. The lowest BCUT2D eigenvalue weighted by Crippen LogP contribution is -2.14. The summed E-state index contributed by atoms with van der Waals surface area (Å²) in [5.74, 6) is -0.157. The normalized spacial score (nSPS) is 15.9. The Morgan fingerprint density at radius 1 is 0.864 bits per heavy atom. The van der Waals surface area contributed by atoms with Gasteiger partial charge in [-0.15, -0.1) is 0 Å². The first kappa shape index (κ1) is 14.9. The number of carbonyl (C=O) groups excluding carboxylic acids is 1. The maximum Gasteiger partial charge on any atom is 0.282 e. The zero-order valence-electron chi connectivity index (χ0n) is 11.2. The summed E-state index contributed by atoms with van der Waals surface area (Å²) in [6.07, 6.45) is 2.76. The third-order valence-corrected chi connectivity index (χ3v) is 5.02. The number of hydrogen-bond acceptors (Lipinski definition) is 3. The summed E-state index contributed by atoms with van der Waals surface area (Å²) >= 11 is 3.26. The first-order chi connectivity index (χ1) is 10.5. The Bertz CT molecular complexity index is 913. The quantitative estimate of drug-likeness (QED) is 0.807. The van der Waals surface area contributed by atoms with Crippen molar-refractivity contribution in [1.29, 1.82) is 0 Å². The average Bonchev–Trinajstić information content (AvgIpc) is 2.51. The maximum atomic E-state index is 12.4. The predicted molar refractivity (Wildman–Crippen MR) is 87.8 cm³/mol. The monoisotopic (exact) mass is 375 g/mol. The largest absolute Gasteiger partial charge is 0.289 e. The molecule has 0 radical (unpaired) electrons. The van der Waals surface area contributed by atoms with Gasteiger partial charge in [0.1, 0.15) is 0 Å². The summed E-state index contributed by atoms with van der Waals surface area (Å²) in [6, 6.07) is 13.1. The van der Waals surface area contributed by atoms with Crippen LogP contribution in [0.4, 0.5) is 0 Å². The van der Waals surface area contributed by atoms with Crippen LogP contribution in [0.2, 0.25) is 0 Å². The molecule has 0 bridgehead atoms. The number of allylic oxidation sites excluding steroid dienone is 2. The summed E-state index contributed by atoms with van der Waals surface area (Å²) in [5.41, 5.74) is 1.24. The Kier molecular flexibility index (Phi) is 3.80. The van der Waals surface area contributed by atoms with Crippen LogP contribution in [0, 0.1) is 0 Å². The average molecular weight is 376 g/mol. The fourth-order valence-electron chi connectivity index (χ4n) is 2.12. The Morgan fingerprint density at radius 3 is 2.18 bits per heavy atom. The minimum absolute atomic E-state index is 0.103. The Balaban J connectivity index is 2.10. The molecule has 2 aromatic carbocycles. The van der Waals surface area contributed by atoms with Gasteiger partial charge in [0.15, 0.2) is 5.78 Å². The Morgan fingerprint density at radius 2 is 1.50 bits per heavy atom. The van der Waals surface area contributed by atoms with Crippen molar-refractivity contribution in [2.24, 2.45) is 4.40 Å². The van der Waals surface area contributed by atoms with Crippen molar-refractivity contribution in [1.82, 2.24) is 0 Å². The van der Waals surface area contributed by atoms with Crippen LogP contribution < -0.4 is 0 Å². The van der Waals surface area contributed by atoms with Gasteiger partial charge < -0.3 is 0 Å². The second-order valence-corrected chi connectivity index (χ2v) is 7.17. The third kappa shape index (κ3) is 2.80. The van der Waals surface area contributed by atoms with E-state index < -0.39 is 10.0 Å². The van der Waals surface area contributed by atoms with Crippen LogP contribution in [-0.4, -0.2) is 19.9 Å². The molecule has 0 fully saturated rings. The van der Waals surface area contributed by atoms with Crippen molar-refractivity contribution >= 4 is 37.4 Å². The van der Waals surface area contributed by atoms with Crippen molar-refractivity contribution < 1.29 is 13.2 Å². The Hall–Kier alpha value is -2.05. The highest BCUT2D eigenvalue weighted by atomic mass is 79.9. The fourth-order valence-corrected chi connectivity index (χ4v) is 3.39. The third-order valence-electron chi connectivity index (χ3n) is 3.19. The molecule has 0 spiro atoms. The first-order valence-electron chi connectivity index (χ1n) is 6.40. The smallest absolute Gasteiger partial charge is 0.282 e. The summed E-state index contributed by atoms with van der Waals surface area (Å²) in [6.45, 7) is 0. The van der Waals surface area contributed by atoms with E-state index in [4.69, 9.17) is 0 Å². The zero-order valence-corrected chi connectivity index (χ0v) is 13.6. The topological polar surface area (TPSA) is 63.6 Å². The molecule has 0 saturated heterocycles. The van der Waals surface area contributed by atoms with E-state index in [9.17, 15) is 13.2 Å².